The van der Waals surface area contributed by atoms with Crippen LogP contribution in [-0.2, 0) is 41.6 Å². The number of benzene rings is 4. The normalized spacial score (nSPS) is 13.1. The summed E-state index contributed by atoms with van der Waals surface area (Å²) in [6.07, 6.45) is 3.30. The standard InChI is InChI=1S/C39H34N2O8/c1-5-22-14-20(15-23(6-2)32(22)40-34(42)26-9-11-28-30(18-26)38(46)48-36(28)44)13-21-16-24(7-3)33(25(8-4)17-21)41-35(43)27-10-12-29-31(19-27)39(47)49-37(29)45/h9-12,14-19H,5-8,13H2,1-4H3,(H,40,42)(H,41,43). The van der Waals surface area contributed by atoms with Crippen molar-refractivity contribution in [1.29, 1.82) is 0 Å². The number of carbonyl (C=O) groups is 6. The van der Waals surface area contributed by atoms with E-state index in [1.54, 1.807) is 0 Å². The van der Waals surface area contributed by atoms with Crippen molar-refractivity contribution >= 4 is 47.1 Å². The summed E-state index contributed by atoms with van der Waals surface area (Å²) in [7, 11) is 0. The Hall–Kier alpha value is -5.90. The van der Waals surface area contributed by atoms with E-state index < -0.39 is 35.7 Å². The monoisotopic (exact) mass is 658 g/mol. The van der Waals surface area contributed by atoms with Crippen molar-refractivity contribution in [2.45, 2.75) is 59.8 Å². The molecule has 4 aromatic carbocycles. The lowest BCUT2D eigenvalue weighted by atomic mass is 9.92. The maximum Gasteiger partial charge on any atom is 0.346 e. The highest BCUT2D eigenvalue weighted by molar-refractivity contribution is 6.17. The molecule has 10 heteroatoms. The Morgan fingerprint density at radius 3 is 1.14 bits per heavy atom. The lowest BCUT2D eigenvalue weighted by Crippen LogP contribution is -2.16. The SMILES string of the molecule is CCc1cc(Cc2cc(CC)c(NC(=O)c3ccc4c(c3)C(=O)OC4=O)c(CC)c2)cc(CC)c1NC(=O)c1ccc2c(c1)C(=O)OC2=O. The fourth-order valence-corrected chi connectivity index (χ4v) is 6.38. The highest BCUT2D eigenvalue weighted by Gasteiger charge is 2.31. The molecule has 4 aromatic rings. The predicted octanol–water partition coefficient (Wildman–Crippen LogP) is 6.65. The minimum Gasteiger partial charge on any atom is -0.386 e. The average Bonchev–Trinajstić information content (AvgIpc) is 3.56. The van der Waals surface area contributed by atoms with E-state index in [9.17, 15) is 28.8 Å². The van der Waals surface area contributed by atoms with E-state index in [2.05, 4.69) is 44.4 Å². The molecule has 0 saturated carbocycles. The van der Waals surface area contributed by atoms with Crippen molar-refractivity contribution in [3.05, 3.63) is 127 Å². The molecule has 2 amide bonds. The molecule has 0 saturated heterocycles. The van der Waals surface area contributed by atoms with E-state index in [1.165, 1.54) is 36.4 Å². The summed E-state index contributed by atoms with van der Waals surface area (Å²) in [4.78, 5) is 74.4. The first-order chi connectivity index (χ1) is 23.5. The van der Waals surface area contributed by atoms with E-state index in [0.717, 1.165) is 44.8 Å². The maximum atomic E-state index is 13.3. The van der Waals surface area contributed by atoms with Crippen molar-refractivity contribution in [3.8, 4) is 0 Å². The summed E-state index contributed by atoms with van der Waals surface area (Å²) in [6.45, 7) is 8.09. The number of carbonyl (C=O) groups excluding carboxylic acids is 6. The molecule has 6 rings (SSSR count). The number of rotatable bonds is 10. The number of ether oxygens (including phenoxy) is 2. The van der Waals surface area contributed by atoms with Gasteiger partial charge in [0.05, 0.1) is 22.3 Å². The van der Waals surface area contributed by atoms with Gasteiger partial charge in [-0.15, -0.1) is 0 Å². The fraction of sp³-hybridized carbons (Fsp3) is 0.231. The molecule has 2 aliphatic heterocycles. The Morgan fingerprint density at radius 2 is 0.816 bits per heavy atom. The zero-order chi connectivity index (χ0) is 35.0. The average molecular weight is 659 g/mol. The van der Waals surface area contributed by atoms with Crippen LogP contribution >= 0.6 is 0 Å². The number of aryl methyl sites for hydroxylation is 4. The summed E-state index contributed by atoms with van der Waals surface area (Å²) in [5.41, 5.74) is 8.42. The number of nitrogens with one attached hydrogen (secondary N) is 2. The molecule has 10 nitrogen and oxygen atoms in total. The van der Waals surface area contributed by atoms with Gasteiger partial charge < -0.3 is 20.1 Å². The zero-order valence-electron chi connectivity index (χ0n) is 27.6. The van der Waals surface area contributed by atoms with Gasteiger partial charge in [-0.1, -0.05) is 52.0 Å². The Kier molecular flexibility index (Phi) is 8.97. The molecular formula is C39H34N2O8. The Labute approximate surface area is 282 Å². The van der Waals surface area contributed by atoms with E-state index >= 15 is 0 Å². The molecule has 2 N–H and O–H groups in total. The van der Waals surface area contributed by atoms with E-state index in [1.807, 2.05) is 27.7 Å². The highest BCUT2D eigenvalue weighted by Crippen LogP contribution is 2.31. The summed E-state index contributed by atoms with van der Waals surface area (Å²) in [5, 5.41) is 6.08. The molecule has 2 heterocycles. The molecule has 0 atom stereocenters. The largest absolute Gasteiger partial charge is 0.386 e. The van der Waals surface area contributed by atoms with E-state index in [4.69, 9.17) is 0 Å². The second-order valence-electron chi connectivity index (χ2n) is 12.0. The van der Waals surface area contributed by atoms with Crippen LogP contribution in [0.5, 0.6) is 0 Å². The third kappa shape index (κ3) is 6.25. The number of cyclic esters (lactones) is 4. The maximum absolute atomic E-state index is 13.3. The number of esters is 4. The second kappa shape index (κ2) is 13.3. The summed E-state index contributed by atoms with van der Waals surface area (Å²) in [5.74, 6) is -3.74. The predicted molar refractivity (Wildman–Crippen MR) is 181 cm³/mol. The summed E-state index contributed by atoms with van der Waals surface area (Å²) in [6, 6.07) is 17.0. The number of anilines is 2. The van der Waals surface area contributed by atoms with Gasteiger partial charge >= 0.3 is 23.9 Å². The summed E-state index contributed by atoms with van der Waals surface area (Å²) < 4.78 is 9.32. The van der Waals surface area contributed by atoms with Gasteiger partial charge in [-0.3, -0.25) is 9.59 Å². The van der Waals surface area contributed by atoms with Crippen LogP contribution in [0, 0.1) is 0 Å². The molecule has 0 aliphatic carbocycles. The molecule has 0 unspecified atom stereocenters. The molecule has 0 fully saturated rings. The van der Waals surface area contributed by atoms with Crippen LogP contribution in [0.3, 0.4) is 0 Å². The lowest BCUT2D eigenvalue weighted by Gasteiger charge is -2.19. The van der Waals surface area contributed by atoms with Crippen molar-refractivity contribution in [2.24, 2.45) is 0 Å². The fourth-order valence-electron chi connectivity index (χ4n) is 6.38. The third-order valence-corrected chi connectivity index (χ3v) is 8.95. The van der Waals surface area contributed by atoms with Crippen LogP contribution in [0.1, 0.15) is 123 Å². The van der Waals surface area contributed by atoms with Crippen molar-refractivity contribution in [1.82, 2.24) is 0 Å². The molecule has 2 aliphatic rings. The van der Waals surface area contributed by atoms with Crippen LogP contribution < -0.4 is 10.6 Å². The minimum atomic E-state index is -0.763. The Balaban J connectivity index is 1.25. The molecule has 0 spiro atoms. The third-order valence-electron chi connectivity index (χ3n) is 8.95. The van der Waals surface area contributed by atoms with Gasteiger partial charge in [-0.2, -0.15) is 0 Å². The Bertz CT molecular complexity index is 1910. The molecule has 248 valence electrons. The van der Waals surface area contributed by atoms with Crippen LogP contribution in [0.4, 0.5) is 11.4 Å². The van der Waals surface area contributed by atoms with Gasteiger partial charge in [0.2, 0.25) is 0 Å². The van der Waals surface area contributed by atoms with Gasteiger partial charge in [0.15, 0.2) is 0 Å². The first-order valence-electron chi connectivity index (χ1n) is 16.3. The lowest BCUT2D eigenvalue weighted by molar-refractivity contribution is 0.0425. The van der Waals surface area contributed by atoms with E-state index in [-0.39, 0.29) is 33.4 Å². The van der Waals surface area contributed by atoms with Crippen LogP contribution in [-0.4, -0.2) is 35.7 Å². The van der Waals surface area contributed by atoms with Gasteiger partial charge in [-0.05, 0) is 102 Å². The van der Waals surface area contributed by atoms with E-state index in [0.29, 0.717) is 32.1 Å². The number of hydrogen-bond acceptors (Lipinski definition) is 8. The number of hydrogen-bond donors (Lipinski definition) is 2. The first-order valence-corrected chi connectivity index (χ1v) is 16.3. The van der Waals surface area contributed by atoms with Gasteiger partial charge in [0.25, 0.3) is 11.8 Å². The van der Waals surface area contributed by atoms with Gasteiger partial charge in [0, 0.05) is 22.5 Å². The topological polar surface area (TPSA) is 145 Å². The van der Waals surface area contributed by atoms with Crippen molar-refractivity contribution < 1.29 is 38.2 Å². The van der Waals surface area contributed by atoms with Crippen LogP contribution in [0.15, 0.2) is 60.7 Å². The molecule has 49 heavy (non-hydrogen) atoms. The molecule has 0 aromatic heterocycles. The van der Waals surface area contributed by atoms with Crippen molar-refractivity contribution in [3.63, 3.8) is 0 Å². The molecule has 0 bridgehead atoms. The first kappa shape index (κ1) is 33.0. The Morgan fingerprint density at radius 1 is 0.490 bits per heavy atom. The minimum absolute atomic E-state index is 0.0791. The second-order valence-corrected chi connectivity index (χ2v) is 12.0. The zero-order valence-corrected chi connectivity index (χ0v) is 27.6. The van der Waals surface area contributed by atoms with Crippen LogP contribution in [0.25, 0.3) is 0 Å². The smallest absolute Gasteiger partial charge is 0.346 e. The van der Waals surface area contributed by atoms with Crippen LogP contribution in [0.2, 0.25) is 0 Å². The van der Waals surface area contributed by atoms with Gasteiger partial charge in [0.1, 0.15) is 0 Å². The highest BCUT2D eigenvalue weighted by atomic mass is 16.6. The van der Waals surface area contributed by atoms with Crippen molar-refractivity contribution in [2.75, 3.05) is 10.6 Å². The number of fused-ring (bicyclic) bond motifs is 2. The molecular weight excluding hydrogens is 624 g/mol. The van der Waals surface area contributed by atoms with Gasteiger partial charge in [-0.25, -0.2) is 19.2 Å². The molecule has 0 radical (unpaired) electrons. The quantitative estimate of drug-likeness (QED) is 0.142. The number of amides is 2. The summed E-state index contributed by atoms with van der Waals surface area (Å²) >= 11 is 0.